The number of aliphatic hydroxyl groups is 1. The summed E-state index contributed by atoms with van der Waals surface area (Å²) in [5.41, 5.74) is 1.96. The van der Waals surface area contributed by atoms with Crippen molar-refractivity contribution >= 4 is 5.91 Å². The summed E-state index contributed by atoms with van der Waals surface area (Å²) in [6, 6.07) is 7.77. The first-order valence-electron chi connectivity index (χ1n) is 7.26. The van der Waals surface area contributed by atoms with Gasteiger partial charge in [0.2, 0.25) is 0 Å². The third-order valence-electron chi connectivity index (χ3n) is 3.65. The van der Waals surface area contributed by atoms with Gasteiger partial charge in [-0.1, -0.05) is 25.5 Å². The maximum Gasteiger partial charge on any atom is 0.251 e. The van der Waals surface area contributed by atoms with Crippen LogP contribution in [0.4, 0.5) is 0 Å². The van der Waals surface area contributed by atoms with Crippen LogP contribution in [0.2, 0.25) is 0 Å². The van der Waals surface area contributed by atoms with E-state index in [0.717, 1.165) is 25.7 Å². The van der Waals surface area contributed by atoms with Gasteiger partial charge >= 0.3 is 0 Å². The molecule has 1 aliphatic carbocycles. The topological polar surface area (TPSA) is 49.3 Å². The highest BCUT2D eigenvalue weighted by atomic mass is 16.3. The fourth-order valence-electron chi connectivity index (χ4n) is 2.26. The predicted octanol–water partition coefficient (Wildman–Crippen LogP) is 2.53. The Morgan fingerprint density at radius 2 is 2.05 bits per heavy atom. The van der Waals surface area contributed by atoms with Gasteiger partial charge in [-0.05, 0) is 49.3 Å². The molecular formula is C16H23NO2. The minimum Gasteiger partial charge on any atom is -0.393 e. The summed E-state index contributed by atoms with van der Waals surface area (Å²) in [7, 11) is 0. The minimum absolute atomic E-state index is 0.0500. The van der Waals surface area contributed by atoms with Crippen molar-refractivity contribution in [1.82, 2.24) is 5.32 Å². The van der Waals surface area contributed by atoms with E-state index >= 15 is 0 Å². The van der Waals surface area contributed by atoms with Gasteiger partial charge in [0.15, 0.2) is 0 Å². The van der Waals surface area contributed by atoms with Gasteiger partial charge in [-0.25, -0.2) is 0 Å². The quantitative estimate of drug-likeness (QED) is 0.792. The molecule has 0 spiro atoms. The standard InChI is InChI=1S/C16H23NO2/c1-2-3-12-4-6-14(7-5-12)16(19)17-11-10-15(18)13-8-9-13/h4-7,13,15,18H,2-3,8-11H2,1H3,(H,17,19)/t15-/m1/s1. The molecule has 3 heteroatoms. The van der Waals surface area contributed by atoms with Gasteiger partial charge in [0.1, 0.15) is 0 Å². The molecule has 2 N–H and O–H groups in total. The van der Waals surface area contributed by atoms with Crippen LogP contribution < -0.4 is 5.32 Å². The van der Waals surface area contributed by atoms with Crippen LogP contribution in [0.15, 0.2) is 24.3 Å². The van der Waals surface area contributed by atoms with E-state index in [1.165, 1.54) is 5.56 Å². The molecule has 1 atom stereocenters. The summed E-state index contributed by atoms with van der Waals surface area (Å²) in [6.07, 6.45) is 4.85. The number of amides is 1. The van der Waals surface area contributed by atoms with Crippen LogP contribution in [0.3, 0.4) is 0 Å². The molecule has 1 saturated carbocycles. The van der Waals surface area contributed by atoms with Gasteiger partial charge in [0.05, 0.1) is 6.10 Å². The van der Waals surface area contributed by atoms with Crippen LogP contribution in [0, 0.1) is 5.92 Å². The molecule has 2 rings (SSSR count). The lowest BCUT2D eigenvalue weighted by molar-refractivity contribution is 0.0937. The van der Waals surface area contributed by atoms with Crippen molar-refractivity contribution in [3.8, 4) is 0 Å². The van der Waals surface area contributed by atoms with Gasteiger partial charge in [-0.2, -0.15) is 0 Å². The summed E-state index contributed by atoms with van der Waals surface area (Å²) >= 11 is 0. The molecule has 0 heterocycles. The zero-order valence-corrected chi connectivity index (χ0v) is 11.6. The fraction of sp³-hybridized carbons (Fsp3) is 0.562. The number of hydrogen-bond donors (Lipinski definition) is 2. The highest BCUT2D eigenvalue weighted by Gasteiger charge is 2.29. The summed E-state index contributed by atoms with van der Waals surface area (Å²) in [4.78, 5) is 11.9. The number of aliphatic hydroxyl groups excluding tert-OH is 1. The molecule has 1 fully saturated rings. The first-order valence-corrected chi connectivity index (χ1v) is 7.26. The Labute approximate surface area is 115 Å². The lowest BCUT2D eigenvalue weighted by atomic mass is 10.1. The summed E-state index contributed by atoms with van der Waals surface area (Å²) in [6.45, 7) is 2.69. The molecule has 0 bridgehead atoms. The molecular weight excluding hydrogens is 238 g/mol. The second-order valence-electron chi connectivity index (χ2n) is 5.40. The first-order chi connectivity index (χ1) is 9.20. The number of rotatable bonds is 7. The zero-order valence-electron chi connectivity index (χ0n) is 11.6. The van der Waals surface area contributed by atoms with Crippen LogP contribution in [-0.4, -0.2) is 23.7 Å². The molecule has 1 aromatic rings. The van der Waals surface area contributed by atoms with Crippen molar-refractivity contribution in [2.75, 3.05) is 6.54 Å². The Morgan fingerprint density at radius 3 is 2.63 bits per heavy atom. The number of aryl methyl sites for hydroxylation is 1. The van der Waals surface area contributed by atoms with Crippen molar-refractivity contribution in [3.63, 3.8) is 0 Å². The van der Waals surface area contributed by atoms with E-state index in [1.807, 2.05) is 24.3 Å². The number of benzene rings is 1. The van der Waals surface area contributed by atoms with Gasteiger partial charge in [0, 0.05) is 12.1 Å². The van der Waals surface area contributed by atoms with Crippen LogP contribution in [0.5, 0.6) is 0 Å². The summed E-state index contributed by atoms with van der Waals surface area (Å²) < 4.78 is 0. The van der Waals surface area contributed by atoms with Gasteiger partial charge in [-0.3, -0.25) is 4.79 Å². The summed E-state index contributed by atoms with van der Waals surface area (Å²) in [5, 5.41) is 12.6. The Hall–Kier alpha value is -1.35. The largest absolute Gasteiger partial charge is 0.393 e. The van der Waals surface area contributed by atoms with Crippen molar-refractivity contribution in [2.24, 2.45) is 5.92 Å². The second-order valence-corrected chi connectivity index (χ2v) is 5.40. The Kier molecular flexibility index (Phi) is 4.97. The molecule has 1 aliphatic rings. The molecule has 19 heavy (non-hydrogen) atoms. The van der Waals surface area contributed by atoms with Gasteiger partial charge in [-0.15, -0.1) is 0 Å². The molecule has 0 saturated heterocycles. The molecule has 0 aromatic heterocycles. The van der Waals surface area contributed by atoms with Gasteiger partial charge < -0.3 is 10.4 Å². The van der Waals surface area contributed by atoms with E-state index in [0.29, 0.717) is 24.4 Å². The highest BCUT2D eigenvalue weighted by Crippen LogP contribution is 2.33. The maximum atomic E-state index is 11.9. The fourth-order valence-corrected chi connectivity index (χ4v) is 2.26. The third kappa shape index (κ3) is 4.35. The normalized spacial score (nSPS) is 16.1. The van der Waals surface area contributed by atoms with E-state index in [1.54, 1.807) is 0 Å². The molecule has 0 aliphatic heterocycles. The third-order valence-corrected chi connectivity index (χ3v) is 3.65. The Bertz CT molecular complexity index is 409. The van der Waals surface area contributed by atoms with Crippen LogP contribution in [-0.2, 0) is 6.42 Å². The van der Waals surface area contributed by atoms with E-state index in [2.05, 4.69) is 12.2 Å². The van der Waals surface area contributed by atoms with E-state index < -0.39 is 0 Å². The van der Waals surface area contributed by atoms with Crippen LogP contribution in [0.25, 0.3) is 0 Å². The number of nitrogens with one attached hydrogen (secondary N) is 1. The van der Waals surface area contributed by atoms with Gasteiger partial charge in [0.25, 0.3) is 5.91 Å². The lowest BCUT2D eigenvalue weighted by Crippen LogP contribution is -2.27. The summed E-state index contributed by atoms with van der Waals surface area (Å²) in [5.74, 6) is 0.427. The smallest absolute Gasteiger partial charge is 0.251 e. The minimum atomic E-state index is -0.243. The Morgan fingerprint density at radius 1 is 1.37 bits per heavy atom. The predicted molar refractivity (Wildman–Crippen MR) is 76.1 cm³/mol. The van der Waals surface area contributed by atoms with E-state index in [-0.39, 0.29) is 12.0 Å². The number of carbonyl (C=O) groups is 1. The average Bonchev–Trinajstić information content (AvgIpc) is 3.24. The molecule has 1 amide bonds. The Balaban J connectivity index is 1.75. The molecule has 1 aromatic carbocycles. The molecule has 104 valence electrons. The first kappa shape index (κ1) is 14.1. The monoisotopic (exact) mass is 261 g/mol. The van der Waals surface area contributed by atoms with Crippen LogP contribution >= 0.6 is 0 Å². The van der Waals surface area contributed by atoms with Crippen molar-refractivity contribution in [2.45, 2.75) is 45.1 Å². The molecule has 3 nitrogen and oxygen atoms in total. The SMILES string of the molecule is CCCc1ccc(C(=O)NCC[C@@H](O)C2CC2)cc1. The number of carbonyl (C=O) groups excluding carboxylic acids is 1. The molecule has 0 radical (unpaired) electrons. The van der Waals surface area contributed by atoms with Crippen molar-refractivity contribution in [3.05, 3.63) is 35.4 Å². The second kappa shape index (κ2) is 6.71. The van der Waals surface area contributed by atoms with Crippen molar-refractivity contribution in [1.29, 1.82) is 0 Å². The molecule has 0 unspecified atom stereocenters. The average molecular weight is 261 g/mol. The highest BCUT2D eigenvalue weighted by molar-refractivity contribution is 5.94. The number of hydrogen-bond acceptors (Lipinski definition) is 2. The van der Waals surface area contributed by atoms with Crippen LogP contribution in [0.1, 0.15) is 48.5 Å². The van der Waals surface area contributed by atoms with E-state index in [9.17, 15) is 9.90 Å². The van der Waals surface area contributed by atoms with E-state index in [4.69, 9.17) is 0 Å². The maximum absolute atomic E-state index is 11.9. The lowest BCUT2D eigenvalue weighted by Gasteiger charge is -2.10. The van der Waals surface area contributed by atoms with Crippen molar-refractivity contribution < 1.29 is 9.90 Å². The zero-order chi connectivity index (χ0) is 13.7.